The van der Waals surface area contributed by atoms with Crippen molar-refractivity contribution in [2.45, 2.75) is 147 Å². The van der Waals surface area contributed by atoms with Crippen LogP contribution in [0.3, 0.4) is 0 Å². The molecule has 2 aliphatic carbocycles. The Bertz CT molecular complexity index is 1590. The molecule has 13 heteroatoms. The van der Waals surface area contributed by atoms with Gasteiger partial charge in [-0.15, -0.1) is 11.3 Å². The zero-order valence-electron chi connectivity index (χ0n) is 33.7. The number of nitrogens with zero attached hydrogens (tertiary/aromatic N) is 2. The van der Waals surface area contributed by atoms with Crippen molar-refractivity contribution in [2.75, 3.05) is 20.6 Å². The molecule has 6 atom stereocenters. The first-order valence-corrected chi connectivity index (χ1v) is 21.1. The number of thiophene rings is 1. The van der Waals surface area contributed by atoms with Gasteiger partial charge in [0.15, 0.2) is 11.6 Å². The Morgan fingerprint density at radius 1 is 1.00 bits per heavy atom. The van der Waals surface area contributed by atoms with Crippen LogP contribution in [-0.4, -0.2) is 94.8 Å². The molecule has 2 saturated heterocycles. The predicted molar refractivity (Wildman–Crippen MR) is 207 cm³/mol. The molecule has 4 fully saturated rings. The summed E-state index contributed by atoms with van der Waals surface area (Å²) < 4.78 is 12.1. The number of esters is 1. The van der Waals surface area contributed by atoms with Crippen molar-refractivity contribution in [1.82, 2.24) is 15.1 Å². The third-order valence-corrected chi connectivity index (χ3v) is 12.5. The summed E-state index contributed by atoms with van der Waals surface area (Å²) >= 11 is 1.33. The maximum Gasteiger partial charge on any atom is 0.307 e. The van der Waals surface area contributed by atoms with E-state index in [0.717, 1.165) is 44.9 Å². The molecule has 304 valence electrons. The van der Waals surface area contributed by atoms with E-state index in [0.29, 0.717) is 17.7 Å². The highest BCUT2D eigenvalue weighted by molar-refractivity contribution is 7.10. The standard InChI is InChI=1S/C42H61N3O9S/c1-41(2,3)54-35(49)22-28(26-12-9-8-10-13-26)39(51)45-24-32-29(23-42(4,5)53-32)37(45)31(47)21-27(20-25-15-16-25)38(50)30(46)17-18-34(48)43-36(40(52)44(6)7)33-14-11-19-55-33/h11,14,19,25-29,32,36-37H,8-10,12-13,15-18,20-24H2,1-7H3,(H,43,48)/t27?,28-,29-,32?,36-,37?/m0/s1. The summed E-state index contributed by atoms with van der Waals surface area (Å²) in [5, 5.41) is 4.53. The Balaban J connectivity index is 1.31. The summed E-state index contributed by atoms with van der Waals surface area (Å²) in [6.07, 6.45) is 6.17. The lowest BCUT2D eigenvalue weighted by molar-refractivity contribution is -0.160. The molecule has 0 radical (unpaired) electrons. The topological polar surface area (TPSA) is 156 Å². The zero-order valence-corrected chi connectivity index (χ0v) is 34.5. The van der Waals surface area contributed by atoms with Crippen molar-refractivity contribution in [3.05, 3.63) is 22.4 Å². The van der Waals surface area contributed by atoms with Crippen LogP contribution in [0.2, 0.25) is 0 Å². The molecule has 55 heavy (non-hydrogen) atoms. The number of carbonyl (C=O) groups excluding carboxylic acids is 7. The average Bonchev–Trinajstić information content (AvgIpc) is 3.48. The van der Waals surface area contributed by atoms with E-state index in [4.69, 9.17) is 9.47 Å². The van der Waals surface area contributed by atoms with Crippen molar-refractivity contribution < 1.29 is 43.0 Å². The van der Waals surface area contributed by atoms with Gasteiger partial charge in [0.05, 0.1) is 30.1 Å². The van der Waals surface area contributed by atoms with Crippen LogP contribution in [0.1, 0.15) is 129 Å². The highest BCUT2D eigenvalue weighted by Crippen LogP contribution is 2.46. The van der Waals surface area contributed by atoms with Gasteiger partial charge in [-0.25, -0.2) is 0 Å². The second-order valence-corrected chi connectivity index (χ2v) is 19.1. The van der Waals surface area contributed by atoms with Gasteiger partial charge in [-0.3, -0.25) is 33.6 Å². The lowest BCUT2D eigenvalue weighted by Crippen LogP contribution is -2.49. The van der Waals surface area contributed by atoms with E-state index in [-0.39, 0.29) is 73.7 Å². The van der Waals surface area contributed by atoms with E-state index in [9.17, 15) is 33.6 Å². The van der Waals surface area contributed by atoms with Crippen molar-refractivity contribution >= 4 is 52.4 Å². The molecule has 12 nitrogen and oxygen atoms in total. The number of hydrogen-bond donors (Lipinski definition) is 1. The fourth-order valence-electron chi connectivity index (χ4n) is 8.86. The van der Waals surface area contributed by atoms with Gasteiger partial charge in [0.1, 0.15) is 11.6 Å². The van der Waals surface area contributed by atoms with Gasteiger partial charge in [-0.1, -0.05) is 38.2 Å². The van der Waals surface area contributed by atoms with Gasteiger partial charge < -0.3 is 24.6 Å². The number of ether oxygens (including phenoxy) is 2. The third-order valence-electron chi connectivity index (χ3n) is 11.6. The average molecular weight is 784 g/mol. The van der Waals surface area contributed by atoms with E-state index >= 15 is 0 Å². The first kappa shape index (κ1) is 42.7. The molecule has 3 unspecified atom stereocenters. The number of carbonyl (C=O) groups is 7. The van der Waals surface area contributed by atoms with E-state index in [2.05, 4.69) is 5.32 Å². The molecule has 1 N–H and O–H groups in total. The number of hydrogen-bond acceptors (Lipinski definition) is 10. The van der Waals surface area contributed by atoms with Gasteiger partial charge in [-0.05, 0) is 83.6 Å². The number of Topliss-reactive ketones (excluding diaryl/α,β-unsaturated/α-hetero) is 3. The van der Waals surface area contributed by atoms with Crippen molar-refractivity contribution in [3.63, 3.8) is 0 Å². The van der Waals surface area contributed by atoms with Crippen molar-refractivity contribution in [1.29, 1.82) is 0 Å². The maximum absolute atomic E-state index is 14.7. The first-order valence-electron chi connectivity index (χ1n) is 20.2. The van der Waals surface area contributed by atoms with Gasteiger partial charge in [0.25, 0.3) is 0 Å². The SMILES string of the molecule is CN(C)C(=O)[C@@H](NC(=O)CCC(=O)C(=O)C(CC(=O)C1[C@H]2CC(C)(C)OC2CN1C(=O)[C@@H](CC(=O)OC(C)(C)C)C1CCCCC1)CC1CC1)c1cccs1. The Kier molecular flexibility index (Phi) is 13.8. The lowest BCUT2D eigenvalue weighted by Gasteiger charge is -2.36. The largest absolute Gasteiger partial charge is 0.460 e. The van der Waals surface area contributed by atoms with Gasteiger partial charge in [-0.2, -0.15) is 0 Å². The number of likely N-dealkylation sites (tertiary alicyclic amines) is 1. The number of amides is 3. The highest BCUT2D eigenvalue weighted by Gasteiger charge is 2.56. The number of fused-ring (bicyclic) bond motifs is 1. The molecule has 0 spiro atoms. The molecule has 4 aliphatic rings. The van der Waals surface area contributed by atoms with Crippen LogP contribution in [0.15, 0.2) is 17.5 Å². The lowest BCUT2D eigenvalue weighted by atomic mass is 9.77. The molecule has 3 heterocycles. The normalized spacial score (nSPS) is 24.0. The van der Waals surface area contributed by atoms with Crippen LogP contribution in [0.4, 0.5) is 0 Å². The molecule has 1 aromatic rings. The molecule has 3 amide bonds. The molecular formula is C42H61N3O9S. The van der Waals surface area contributed by atoms with Crippen molar-refractivity contribution in [2.24, 2.45) is 29.6 Å². The highest BCUT2D eigenvalue weighted by atomic mass is 32.1. The molecular weight excluding hydrogens is 723 g/mol. The number of likely N-dealkylation sites (N-methyl/N-ethyl adjacent to an activating group) is 1. The molecule has 0 aromatic carbocycles. The van der Waals surface area contributed by atoms with Gasteiger partial charge in [0, 0.05) is 56.6 Å². The Labute approximate surface area is 329 Å². The fourth-order valence-corrected chi connectivity index (χ4v) is 9.63. The molecule has 2 saturated carbocycles. The molecule has 0 bridgehead atoms. The zero-order chi connectivity index (χ0) is 40.2. The summed E-state index contributed by atoms with van der Waals surface area (Å²) in [5.41, 5.74) is -1.20. The van der Waals surface area contributed by atoms with Crippen LogP contribution in [0.5, 0.6) is 0 Å². The van der Waals surface area contributed by atoms with Crippen molar-refractivity contribution in [3.8, 4) is 0 Å². The van der Waals surface area contributed by atoms with Crippen LogP contribution in [0.25, 0.3) is 0 Å². The summed E-state index contributed by atoms with van der Waals surface area (Å²) in [4.78, 5) is 99.2. The molecule has 5 rings (SSSR count). The molecule has 2 aliphatic heterocycles. The van der Waals surface area contributed by atoms with E-state index < -0.39 is 58.6 Å². The second kappa shape index (κ2) is 17.8. The number of ketones is 3. The Hall–Kier alpha value is -3.45. The number of nitrogens with one attached hydrogen (secondary N) is 1. The number of rotatable bonds is 17. The summed E-state index contributed by atoms with van der Waals surface area (Å²) in [7, 11) is 3.19. The van der Waals surface area contributed by atoms with Crippen LogP contribution < -0.4 is 5.32 Å². The first-order chi connectivity index (χ1) is 25.8. The van der Waals surface area contributed by atoms with Crippen LogP contribution >= 0.6 is 11.3 Å². The minimum absolute atomic E-state index is 0.0112. The van der Waals surface area contributed by atoms with Crippen LogP contribution in [-0.2, 0) is 43.0 Å². The Morgan fingerprint density at radius 3 is 2.29 bits per heavy atom. The van der Waals surface area contributed by atoms with Gasteiger partial charge >= 0.3 is 5.97 Å². The summed E-state index contributed by atoms with van der Waals surface area (Å²) in [5.74, 6) is -4.76. The predicted octanol–water partition coefficient (Wildman–Crippen LogP) is 5.61. The minimum atomic E-state index is -0.902. The van der Waals surface area contributed by atoms with E-state index in [1.807, 2.05) is 19.2 Å². The Morgan fingerprint density at radius 2 is 1.69 bits per heavy atom. The fraction of sp³-hybridized carbons (Fsp3) is 0.738. The molecule has 1 aromatic heterocycles. The summed E-state index contributed by atoms with van der Waals surface area (Å²) in [6.45, 7) is 9.56. The maximum atomic E-state index is 14.7. The van der Waals surface area contributed by atoms with Gasteiger partial charge in [0.2, 0.25) is 23.5 Å². The monoisotopic (exact) mass is 783 g/mol. The third kappa shape index (κ3) is 11.3. The van der Waals surface area contributed by atoms with E-state index in [1.54, 1.807) is 51.9 Å². The minimum Gasteiger partial charge on any atom is -0.460 e. The smallest absolute Gasteiger partial charge is 0.307 e. The summed E-state index contributed by atoms with van der Waals surface area (Å²) in [6, 6.07) is 1.79. The quantitative estimate of drug-likeness (QED) is 0.157. The van der Waals surface area contributed by atoms with E-state index in [1.165, 1.54) is 16.2 Å². The van der Waals surface area contributed by atoms with Crippen LogP contribution in [0, 0.1) is 29.6 Å². The second-order valence-electron chi connectivity index (χ2n) is 18.1.